The molecule has 0 aromatic carbocycles. The lowest BCUT2D eigenvalue weighted by Crippen LogP contribution is -2.42. The van der Waals surface area contributed by atoms with Crippen LogP contribution in [0, 0.1) is 0 Å². The number of piperidine rings is 1. The second-order valence-electron chi connectivity index (χ2n) is 6.42. The monoisotopic (exact) mass is 319 g/mol. The summed E-state index contributed by atoms with van der Waals surface area (Å²) in [6.07, 6.45) is 10.5. The highest BCUT2D eigenvalue weighted by Crippen LogP contribution is 2.14. The van der Waals surface area contributed by atoms with E-state index in [1.165, 1.54) is 44.7 Å². The van der Waals surface area contributed by atoms with Crippen molar-refractivity contribution in [1.82, 2.24) is 25.1 Å². The molecular formula is C17H29N5O. The van der Waals surface area contributed by atoms with Crippen LogP contribution >= 0.6 is 0 Å². The van der Waals surface area contributed by atoms with Gasteiger partial charge in [-0.15, -0.1) is 0 Å². The molecule has 1 fully saturated rings. The van der Waals surface area contributed by atoms with Crippen LogP contribution in [0.3, 0.4) is 0 Å². The minimum absolute atomic E-state index is 0.137. The number of hydrogen-bond acceptors (Lipinski definition) is 5. The molecule has 1 amide bonds. The first-order valence-electron chi connectivity index (χ1n) is 8.60. The lowest BCUT2D eigenvalue weighted by Gasteiger charge is -2.35. The number of nitrogens with one attached hydrogen (secondary N) is 1. The molecule has 0 radical (unpaired) electrons. The van der Waals surface area contributed by atoms with E-state index in [0.29, 0.717) is 12.2 Å². The highest BCUT2D eigenvalue weighted by Gasteiger charge is 2.19. The Morgan fingerprint density at radius 2 is 2.09 bits per heavy atom. The Labute approximate surface area is 139 Å². The minimum atomic E-state index is -0.137. The molecule has 1 aliphatic heterocycles. The highest BCUT2D eigenvalue weighted by atomic mass is 16.1. The Balaban J connectivity index is 1.51. The maximum Gasteiger partial charge on any atom is 0.271 e. The summed E-state index contributed by atoms with van der Waals surface area (Å²) in [5.74, 6) is -0.137. The van der Waals surface area contributed by atoms with E-state index in [1.54, 1.807) is 6.20 Å². The van der Waals surface area contributed by atoms with Gasteiger partial charge in [-0.3, -0.25) is 9.78 Å². The molecule has 1 aliphatic rings. The predicted octanol–water partition coefficient (Wildman–Crippen LogP) is 1.40. The third-order valence-electron chi connectivity index (χ3n) is 4.58. The van der Waals surface area contributed by atoms with Crippen LogP contribution < -0.4 is 5.32 Å². The van der Waals surface area contributed by atoms with Crippen molar-refractivity contribution in [3.63, 3.8) is 0 Å². The van der Waals surface area contributed by atoms with Crippen molar-refractivity contribution in [3.05, 3.63) is 24.3 Å². The first-order chi connectivity index (χ1) is 11.2. The van der Waals surface area contributed by atoms with Gasteiger partial charge < -0.3 is 15.1 Å². The molecule has 1 aromatic rings. The Kier molecular flexibility index (Phi) is 7.42. The van der Waals surface area contributed by atoms with Crippen LogP contribution in [0.2, 0.25) is 0 Å². The van der Waals surface area contributed by atoms with Gasteiger partial charge in [-0.1, -0.05) is 6.42 Å². The number of rotatable bonds is 8. The first kappa shape index (κ1) is 17.8. The fourth-order valence-electron chi connectivity index (χ4n) is 2.99. The number of hydrogen-bond donors (Lipinski definition) is 1. The van der Waals surface area contributed by atoms with Crippen LogP contribution in [0.5, 0.6) is 0 Å². The fourth-order valence-corrected chi connectivity index (χ4v) is 2.99. The van der Waals surface area contributed by atoms with Crippen LogP contribution in [0.4, 0.5) is 0 Å². The van der Waals surface area contributed by atoms with Crippen LogP contribution in [-0.4, -0.2) is 72.0 Å². The average molecular weight is 319 g/mol. The molecule has 0 saturated carbocycles. The summed E-state index contributed by atoms with van der Waals surface area (Å²) in [4.78, 5) is 24.6. The van der Waals surface area contributed by atoms with E-state index in [0.717, 1.165) is 25.4 Å². The molecule has 0 unspecified atom stereocenters. The van der Waals surface area contributed by atoms with Crippen LogP contribution in [0.15, 0.2) is 18.6 Å². The van der Waals surface area contributed by atoms with Gasteiger partial charge in [-0.05, 0) is 59.4 Å². The largest absolute Gasteiger partial charge is 0.351 e. The lowest BCUT2D eigenvalue weighted by molar-refractivity contribution is 0.0947. The van der Waals surface area contributed by atoms with Gasteiger partial charge in [0.1, 0.15) is 5.69 Å². The van der Waals surface area contributed by atoms with Crippen molar-refractivity contribution in [2.45, 2.75) is 38.1 Å². The van der Waals surface area contributed by atoms with Gasteiger partial charge in [0.2, 0.25) is 0 Å². The zero-order valence-electron chi connectivity index (χ0n) is 14.4. The molecule has 6 nitrogen and oxygen atoms in total. The van der Waals surface area contributed by atoms with E-state index in [-0.39, 0.29) is 5.91 Å². The van der Waals surface area contributed by atoms with E-state index < -0.39 is 0 Å². The Morgan fingerprint density at radius 3 is 2.78 bits per heavy atom. The van der Waals surface area contributed by atoms with Gasteiger partial charge in [0.15, 0.2) is 0 Å². The SMILES string of the molecule is CN1CCC(N(C)CCCCCNC(=O)c2cnccn2)CC1. The zero-order chi connectivity index (χ0) is 16.5. The summed E-state index contributed by atoms with van der Waals surface area (Å²) in [6.45, 7) is 4.27. The molecule has 1 saturated heterocycles. The van der Waals surface area contributed by atoms with Crippen molar-refractivity contribution < 1.29 is 4.79 Å². The van der Waals surface area contributed by atoms with Gasteiger partial charge in [0, 0.05) is 25.0 Å². The van der Waals surface area contributed by atoms with Crippen molar-refractivity contribution in [1.29, 1.82) is 0 Å². The zero-order valence-corrected chi connectivity index (χ0v) is 14.4. The summed E-state index contributed by atoms with van der Waals surface area (Å²) in [5, 5.41) is 2.89. The van der Waals surface area contributed by atoms with Crippen molar-refractivity contribution in [2.75, 3.05) is 40.3 Å². The smallest absolute Gasteiger partial charge is 0.271 e. The highest BCUT2D eigenvalue weighted by molar-refractivity contribution is 5.91. The van der Waals surface area contributed by atoms with Gasteiger partial charge >= 0.3 is 0 Å². The van der Waals surface area contributed by atoms with E-state index in [2.05, 4.69) is 39.2 Å². The lowest BCUT2D eigenvalue weighted by atomic mass is 10.0. The number of nitrogens with zero attached hydrogens (tertiary/aromatic N) is 4. The summed E-state index contributed by atoms with van der Waals surface area (Å²) >= 11 is 0. The van der Waals surface area contributed by atoms with E-state index in [4.69, 9.17) is 0 Å². The maximum absolute atomic E-state index is 11.8. The van der Waals surface area contributed by atoms with Crippen molar-refractivity contribution in [2.24, 2.45) is 0 Å². The molecule has 0 spiro atoms. The molecule has 2 rings (SSSR count). The van der Waals surface area contributed by atoms with Crippen LogP contribution in [0.25, 0.3) is 0 Å². The summed E-state index contributed by atoms with van der Waals surface area (Å²) < 4.78 is 0. The molecule has 0 bridgehead atoms. The fraction of sp³-hybridized carbons (Fsp3) is 0.706. The number of aromatic nitrogens is 2. The summed E-state index contributed by atoms with van der Waals surface area (Å²) in [6, 6.07) is 0.738. The standard InChI is InChI=1S/C17H29N5O/c1-21-12-6-15(7-13-21)22(2)11-5-3-4-8-20-17(23)16-14-18-9-10-19-16/h9-10,14-15H,3-8,11-13H2,1-2H3,(H,20,23). The molecule has 23 heavy (non-hydrogen) atoms. The molecule has 1 N–H and O–H groups in total. The third kappa shape index (κ3) is 6.23. The van der Waals surface area contributed by atoms with Crippen LogP contribution in [0.1, 0.15) is 42.6 Å². The molecule has 128 valence electrons. The summed E-state index contributed by atoms with van der Waals surface area (Å²) in [5.41, 5.74) is 0.384. The van der Waals surface area contributed by atoms with Gasteiger partial charge in [0.05, 0.1) is 6.20 Å². The van der Waals surface area contributed by atoms with Crippen LogP contribution in [-0.2, 0) is 0 Å². The third-order valence-corrected chi connectivity index (χ3v) is 4.58. The van der Waals surface area contributed by atoms with E-state index in [9.17, 15) is 4.79 Å². The quantitative estimate of drug-likeness (QED) is 0.734. The van der Waals surface area contributed by atoms with Crippen molar-refractivity contribution in [3.8, 4) is 0 Å². The molecule has 0 aliphatic carbocycles. The normalized spacial score (nSPS) is 16.7. The van der Waals surface area contributed by atoms with Gasteiger partial charge in [0.25, 0.3) is 5.91 Å². The molecule has 2 heterocycles. The number of carbonyl (C=O) groups is 1. The second-order valence-corrected chi connectivity index (χ2v) is 6.42. The average Bonchev–Trinajstić information content (AvgIpc) is 2.59. The topological polar surface area (TPSA) is 61.4 Å². The predicted molar refractivity (Wildman–Crippen MR) is 91.4 cm³/mol. The minimum Gasteiger partial charge on any atom is -0.351 e. The molecule has 6 heteroatoms. The number of likely N-dealkylation sites (tertiary alicyclic amines) is 1. The Bertz CT molecular complexity index is 459. The Morgan fingerprint density at radius 1 is 1.30 bits per heavy atom. The molecule has 1 aromatic heterocycles. The first-order valence-corrected chi connectivity index (χ1v) is 8.60. The number of carbonyl (C=O) groups excluding carboxylic acids is 1. The molecular weight excluding hydrogens is 290 g/mol. The Hall–Kier alpha value is -1.53. The maximum atomic E-state index is 11.8. The van der Waals surface area contributed by atoms with Crippen molar-refractivity contribution >= 4 is 5.91 Å². The van der Waals surface area contributed by atoms with Gasteiger partial charge in [-0.25, -0.2) is 4.98 Å². The van der Waals surface area contributed by atoms with E-state index in [1.807, 2.05) is 0 Å². The second kappa shape index (κ2) is 9.57. The summed E-state index contributed by atoms with van der Waals surface area (Å²) in [7, 11) is 4.44. The number of amides is 1. The van der Waals surface area contributed by atoms with E-state index >= 15 is 0 Å². The molecule has 0 atom stereocenters. The van der Waals surface area contributed by atoms with Gasteiger partial charge in [-0.2, -0.15) is 0 Å². The number of unbranched alkanes of at least 4 members (excludes halogenated alkanes) is 2.